The zero-order valence-corrected chi connectivity index (χ0v) is 11.4. The summed E-state index contributed by atoms with van der Waals surface area (Å²) in [7, 11) is 0. The number of urea groups is 1. The minimum atomic E-state index is -0.332. The molecule has 2 amide bonds. The first-order chi connectivity index (χ1) is 10.8. The van der Waals surface area contributed by atoms with Crippen LogP contribution in [0.25, 0.3) is 16.8 Å². The van der Waals surface area contributed by atoms with Crippen LogP contribution in [-0.2, 0) is 0 Å². The summed E-state index contributed by atoms with van der Waals surface area (Å²) in [5.74, 6) is 3.12. The molecule has 0 bridgehead atoms. The van der Waals surface area contributed by atoms with Crippen LogP contribution >= 0.6 is 0 Å². The number of terminal acetylenes is 1. The highest BCUT2D eigenvalue weighted by atomic mass is 16.3. The van der Waals surface area contributed by atoms with E-state index in [1.807, 2.05) is 24.3 Å². The predicted octanol–water partition coefficient (Wildman–Crippen LogP) is 1.75. The molecule has 0 saturated carbocycles. The molecule has 4 rings (SSSR count). The van der Waals surface area contributed by atoms with Crippen LogP contribution in [0.15, 0.2) is 44.8 Å². The predicted molar refractivity (Wildman–Crippen MR) is 76.6 cm³/mol. The number of carbonyl (C=O) groups excluding carboxylic acids is 1. The Labute approximate surface area is 125 Å². The van der Waals surface area contributed by atoms with Crippen molar-refractivity contribution in [3.63, 3.8) is 0 Å². The lowest BCUT2D eigenvalue weighted by Gasteiger charge is -2.24. The quantitative estimate of drug-likeness (QED) is 0.855. The summed E-state index contributed by atoms with van der Waals surface area (Å²) in [6.07, 6.45) is 5.20. The Balaban J connectivity index is 1.78. The minimum Gasteiger partial charge on any atom is -0.435 e. The first kappa shape index (κ1) is 12.4. The van der Waals surface area contributed by atoms with Crippen molar-refractivity contribution in [2.45, 2.75) is 0 Å². The Kier molecular flexibility index (Phi) is 2.59. The van der Waals surface area contributed by atoms with Crippen molar-refractivity contribution in [2.75, 3.05) is 13.2 Å². The fourth-order valence-electron chi connectivity index (χ4n) is 2.32. The Morgan fingerprint density at radius 1 is 1.41 bits per heavy atom. The molecule has 108 valence electrons. The van der Waals surface area contributed by atoms with E-state index in [2.05, 4.69) is 26.6 Å². The number of amides is 2. The van der Waals surface area contributed by atoms with Crippen molar-refractivity contribution in [1.82, 2.24) is 20.2 Å². The van der Waals surface area contributed by atoms with Crippen LogP contribution in [0.1, 0.15) is 5.89 Å². The molecule has 0 atom stereocenters. The molecule has 8 nitrogen and oxygen atoms in total. The maximum absolute atomic E-state index is 12.2. The second-order valence-corrected chi connectivity index (χ2v) is 4.68. The molecule has 3 heterocycles. The van der Waals surface area contributed by atoms with Gasteiger partial charge in [-0.1, -0.05) is 23.3 Å². The number of nitrogens with zero attached hydrogens (tertiary/aromatic N) is 5. The molecule has 0 unspecified atom stereocenters. The summed E-state index contributed by atoms with van der Waals surface area (Å²) in [5, 5.41) is 12.1. The molecule has 8 heteroatoms. The van der Waals surface area contributed by atoms with Crippen molar-refractivity contribution in [2.24, 2.45) is 10.3 Å². The highest BCUT2D eigenvalue weighted by Gasteiger charge is 2.36. The minimum absolute atomic E-state index is 0.0737. The molecule has 22 heavy (non-hydrogen) atoms. The zero-order chi connectivity index (χ0) is 15.1. The van der Waals surface area contributed by atoms with Gasteiger partial charge >= 0.3 is 6.03 Å². The molecule has 0 radical (unpaired) electrons. The number of para-hydroxylation sites is 2. The molecular formula is C14H10N6O2. The lowest BCUT2D eigenvalue weighted by molar-refractivity contribution is 0.160. The van der Waals surface area contributed by atoms with Gasteiger partial charge in [0.05, 0.1) is 6.67 Å². The van der Waals surface area contributed by atoms with Gasteiger partial charge in [0.15, 0.2) is 11.4 Å². The molecule has 1 aromatic heterocycles. The monoisotopic (exact) mass is 294 g/mol. The number of rotatable bonds is 2. The van der Waals surface area contributed by atoms with Gasteiger partial charge in [0.1, 0.15) is 17.8 Å². The molecule has 0 saturated heterocycles. The third-order valence-electron chi connectivity index (χ3n) is 3.34. The van der Waals surface area contributed by atoms with Gasteiger partial charge in [-0.3, -0.25) is 4.90 Å². The highest BCUT2D eigenvalue weighted by molar-refractivity contribution is 5.82. The van der Waals surface area contributed by atoms with Crippen molar-refractivity contribution >= 4 is 22.8 Å². The molecular weight excluding hydrogens is 284 g/mol. The lowest BCUT2D eigenvalue weighted by atomic mass is 10.3. The summed E-state index contributed by atoms with van der Waals surface area (Å²) in [5.41, 5.74) is 1.94. The van der Waals surface area contributed by atoms with Crippen LogP contribution in [0, 0.1) is 12.3 Å². The van der Waals surface area contributed by atoms with Gasteiger partial charge in [-0.25, -0.2) is 9.78 Å². The van der Waals surface area contributed by atoms with E-state index in [0.29, 0.717) is 23.0 Å². The maximum atomic E-state index is 12.2. The van der Waals surface area contributed by atoms with Crippen LogP contribution in [0.4, 0.5) is 4.79 Å². The van der Waals surface area contributed by atoms with E-state index in [1.165, 1.54) is 4.90 Å². The third kappa shape index (κ3) is 1.73. The van der Waals surface area contributed by atoms with Crippen molar-refractivity contribution < 1.29 is 9.21 Å². The van der Waals surface area contributed by atoms with E-state index in [-0.39, 0.29) is 19.2 Å². The highest BCUT2D eigenvalue weighted by Crippen LogP contribution is 2.30. The first-order valence-corrected chi connectivity index (χ1v) is 6.56. The van der Waals surface area contributed by atoms with E-state index in [4.69, 9.17) is 10.8 Å². The topological polar surface area (TPSA) is 86.3 Å². The second-order valence-electron chi connectivity index (χ2n) is 4.68. The molecule has 0 spiro atoms. The number of aromatic nitrogens is 1. The first-order valence-electron chi connectivity index (χ1n) is 6.56. The molecule has 1 aromatic carbocycles. The summed E-state index contributed by atoms with van der Waals surface area (Å²) in [6.45, 7) is 0.340. The molecule has 1 N–H and O–H groups in total. The molecule has 0 aliphatic carbocycles. The largest absolute Gasteiger partial charge is 0.435 e. The lowest BCUT2D eigenvalue weighted by Crippen LogP contribution is -2.42. The summed E-state index contributed by atoms with van der Waals surface area (Å²) in [6, 6.07) is 7.09. The van der Waals surface area contributed by atoms with Crippen LogP contribution < -0.4 is 5.32 Å². The fraction of sp³-hybridized carbons (Fsp3) is 0.143. The Hall–Kier alpha value is -3.34. The fourth-order valence-corrected chi connectivity index (χ4v) is 2.32. The SMILES string of the molecule is C#CCN1N=NC2=C(c3nc4ccccc4o3)NCN2C1=O. The Morgan fingerprint density at radius 3 is 3.09 bits per heavy atom. The van der Waals surface area contributed by atoms with Crippen LogP contribution in [0.5, 0.6) is 0 Å². The third-order valence-corrected chi connectivity index (χ3v) is 3.34. The number of fused-ring (bicyclic) bond motifs is 2. The van der Waals surface area contributed by atoms with E-state index in [0.717, 1.165) is 10.5 Å². The number of hydrogen-bond donors (Lipinski definition) is 1. The van der Waals surface area contributed by atoms with Gasteiger partial charge in [-0.2, -0.15) is 5.01 Å². The number of hydrogen-bond acceptors (Lipinski definition) is 6. The summed E-state index contributed by atoms with van der Waals surface area (Å²) < 4.78 is 5.69. The standard InChI is InChI=1S/C14H10N6O2/c1-2-7-20-14(21)19-8-15-11(12(19)17-18-20)13-16-9-5-3-4-6-10(9)22-13/h1,3-6,15H,7-8H2. The van der Waals surface area contributed by atoms with E-state index >= 15 is 0 Å². The summed E-state index contributed by atoms with van der Waals surface area (Å²) in [4.78, 5) is 18.1. The molecule has 2 aliphatic heterocycles. The number of nitrogens with one attached hydrogen (secondary N) is 1. The zero-order valence-electron chi connectivity index (χ0n) is 11.4. The van der Waals surface area contributed by atoms with E-state index in [9.17, 15) is 4.79 Å². The van der Waals surface area contributed by atoms with Gasteiger partial charge in [0.2, 0.25) is 5.89 Å². The molecule has 2 aliphatic rings. The Morgan fingerprint density at radius 2 is 2.27 bits per heavy atom. The number of carbonyl (C=O) groups is 1. The number of oxazole rings is 1. The van der Waals surface area contributed by atoms with Crippen molar-refractivity contribution in [1.29, 1.82) is 0 Å². The molecule has 2 aromatic rings. The van der Waals surface area contributed by atoms with Crippen molar-refractivity contribution in [3.05, 3.63) is 36.0 Å². The van der Waals surface area contributed by atoms with Gasteiger partial charge in [0.25, 0.3) is 0 Å². The van der Waals surface area contributed by atoms with Gasteiger partial charge in [0, 0.05) is 0 Å². The van der Waals surface area contributed by atoms with Crippen LogP contribution in [-0.4, -0.2) is 34.1 Å². The van der Waals surface area contributed by atoms with Crippen LogP contribution in [0.3, 0.4) is 0 Å². The average Bonchev–Trinajstić information content (AvgIpc) is 3.13. The normalized spacial score (nSPS) is 17.0. The number of benzene rings is 1. The summed E-state index contributed by atoms with van der Waals surface area (Å²) >= 11 is 0. The maximum Gasteiger partial charge on any atom is 0.349 e. The molecule has 0 fully saturated rings. The smallest absolute Gasteiger partial charge is 0.349 e. The van der Waals surface area contributed by atoms with Gasteiger partial charge < -0.3 is 9.73 Å². The average molecular weight is 294 g/mol. The van der Waals surface area contributed by atoms with Gasteiger partial charge in [-0.15, -0.1) is 11.5 Å². The Bertz CT molecular complexity index is 842. The van der Waals surface area contributed by atoms with E-state index < -0.39 is 0 Å². The van der Waals surface area contributed by atoms with E-state index in [1.54, 1.807) is 0 Å². The second kappa shape index (κ2) is 4.60. The van der Waals surface area contributed by atoms with Crippen molar-refractivity contribution in [3.8, 4) is 12.3 Å². The van der Waals surface area contributed by atoms with Gasteiger partial charge in [-0.05, 0) is 12.1 Å². The van der Waals surface area contributed by atoms with Crippen LogP contribution in [0.2, 0.25) is 0 Å².